The molecule has 3 heterocycles. The molecule has 120 valence electrons. The van der Waals surface area contributed by atoms with E-state index in [0.717, 1.165) is 29.7 Å². The van der Waals surface area contributed by atoms with E-state index in [1.807, 2.05) is 36.4 Å². The lowest BCUT2D eigenvalue weighted by Gasteiger charge is -2.24. The Hall–Kier alpha value is -1.63. The first-order chi connectivity index (χ1) is 11.1. The largest absolute Gasteiger partial charge is 0.593 e. The molecule has 2 aliphatic rings. The monoisotopic (exact) mass is 329 g/mol. The minimum absolute atomic E-state index is 0.223. The van der Waals surface area contributed by atoms with Crippen LogP contribution < -0.4 is 4.74 Å². The molecule has 23 heavy (non-hydrogen) atoms. The van der Waals surface area contributed by atoms with Gasteiger partial charge in [-0.15, -0.1) is 4.31 Å². The van der Waals surface area contributed by atoms with E-state index in [1.54, 1.807) is 12.4 Å². The highest BCUT2D eigenvalue weighted by Crippen LogP contribution is 2.46. The van der Waals surface area contributed by atoms with Crippen LogP contribution in [0, 0.1) is 13.8 Å². The van der Waals surface area contributed by atoms with Crippen LogP contribution in [-0.4, -0.2) is 31.0 Å². The molecular formula is C17H19N3O2S. The fraction of sp³-hybridized carbons (Fsp3) is 0.412. The lowest BCUT2D eigenvalue weighted by Crippen LogP contribution is -2.38. The van der Waals surface area contributed by atoms with Gasteiger partial charge in [-0.1, -0.05) is 6.07 Å². The average Bonchev–Trinajstić information content (AvgIpc) is 3.30. The first kappa shape index (κ1) is 14.9. The Labute approximate surface area is 139 Å². The van der Waals surface area contributed by atoms with E-state index in [2.05, 4.69) is 9.97 Å². The molecule has 5 nitrogen and oxygen atoms in total. The van der Waals surface area contributed by atoms with E-state index in [4.69, 9.17) is 4.74 Å². The van der Waals surface area contributed by atoms with Crippen LogP contribution in [-0.2, 0) is 17.9 Å². The molecular weight excluding hydrogens is 310 g/mol. The topological polar surface area (TPSA) is 61.3 Å². The second-order valence-corrected chi connectivity index (χ2v) is 7.85. The number of hydrogen-bond acceptors (Lipinski definition) is 5. The number of pyridine rings is 2. The molecule has 1 spiro atoms. The molecule has 1 aliphatic heterocycles. The summed E-state index contributed by atoms with van der Waals surface area (Å²) in [6.45, 7) is 5.20. The van der Waals surface area contributed by atoms with Crippen LogP contribution in [0.5, 0.6) is 5.88 Å². The van der Waals surface area contributed by atoms with Crippen molar-refractivity contribution in [3.8, 4) is 5.88 Å². The van der Waals surface area contributed by atoms with Crippen LogP contribution in [0.3, 0.4) is 0 Å². The zero-order valence-corrected chi connectivity index (χ0v) is 14.1. The van der Waals surface area contributed by atoms with Gasteiger partial charge in [0.1, 0.15) is 5.60 Å². The molecule has 0 radical (unpaired) electrons. The zero-order chi connectivity index (χ0) is 16.0. The second kappa shape index (κ2) is 5.47. The molecule has 2 aromatic rings. The number of fused-ring (bicyclic) bond motifs is 1. The van der Waals surface area contributed by atoms with Gasteiger partial charge >= 0.3 is 0 Å². The average molecular weight is 329 g/mol. The number of rotatable bonds is 2. The molecule has 4 rings (SSSR count). The third-order valence-electron chi connectivity index (χ3n) is 4.43. The van der Waals surface area contributed by atoms with E-state index >= 15 is 0 Å². The van der Waals surface area contributed by atoms with Gasteiger partial charge in [-0.2, -0.15) is 0 Å². The minimum Gasteiger partial charge on any atom is -0.593 e. The third-order valence-corrected chi connectivity index (χ3v) is 5.82. The summed E-state index contributed by atoms with van der Waals surface area (Å²) < 4.78 is 21.2. The first-order valence-electron chi connectivity index (χ1n) is 7.79. The maximum atomic E-state index is 13.1. The molecule has 0 saturated heterocycles. The van der Waals surface area contributed by atoms with E-state index in [9.17, 15) is 4.55 Å². The minimum atomic E-state index is -1.28. The van der Waals surface area contributed by atoms with Crippen LogP contribution in [0.25, 0.3) is 0 Å². The van der Waals surface area contributed by atoms with Gasteiger partial charge in [0.2, 0.25) is 4.90 Å². The van der Waals surface area contributed by atoms with Gasteiger partial charge in [-0.3, -0.25) is 4.98 Å². The second-order valence-electron chi connectivity index (χ2n) is 6.40. The van der Waals surface area contributed by atoms with Crippen LogP contribution in [0.15, 0.2) is 35.5 Å². The van der Waals surface area contributed by atoms with Gasteiger partial charge in [-0.25, -0.2) is 4.98 Å². The summed E-state index contributed by atoms with van der Waals surface area (Å²) in [5, 5.41) is 0. The highest BCUT2D eigenvalue weighted by Gasteiger charge is 2.53. The molecule has 0 amide bonds. The smallest absolute Gasteiger partial charge is 0.273 e. The molecule has 0 aromatic carbocycles. The van der Waals surface area contributed by atoms with Gasteiger partial charge in [0.15, 0.2) is 0 Å². The molecule has 1 fully saturated rings. The van der Waals surface area contributed by atoms with Crippen molar-refractivity contribution >= 4 is 11.4 Å². The van der Waals surface area contributed by atoms with Crippen molar-refractivity contribution in [2.24, 2.45) is 0 Å². The SMILES string of the molecule is Cc1cnc2c(c1)[S+]([O-])N(Cc1cccnc1C)CC1(CC1)O2. The Kier molecular flexibility index (Phi) is 3.55. The van der Waals surface area contributed by atoms with Crippen molar-refractivity contribution < 1.29 is 9.29 Å². The van der Waals surface area contributed by atoms with Crippen LogP contribution in [0.4, 0.5) is 0 Å². The van der Waals surface area contributed by atoms with Gasteiger partial charge in [0.25, 0.3) is 5.88 Å². The zero-order valence-electron chi connectivity index (χ0n) is 13.3. The summed E-state index contributed by atoms with van der Waals surface area (Å²) in [5.74, 6) is 0.525. The number of nitrogens with zero attached hydrogens (tertiary/aromatic N) is 3. The first-order valence-corrected chi connectivity index (χ1v) is 8.90. The lowest BCUT2D eigenvalue weighted by atomic mass is 10.2. The fourth-order valence-electron chi connectivity index (χ4n) is 2.88. The number of hydrogen-bond donors (Lipinski definition) is 0. The van der Waals surface area contributed by atoms with Gasteiger partial charge in [-0.05, 0) is 43.9 Å². The van der Waals surface area contributed by atoms with E-state index in [-0.39, 0.29) is 5.60 Å². The fourth-order valence-corrected chi connectivity index (χ4v) is 4.29. The molecule has 1 unspecified atom stereocenters. The highest BCUT2D eigenvalue weighted by atomic mass is 32.2. The maximum absolute atomic E-state index is 13.1. The summed E-state index contributed by atoms with van der Waals surface area (Å²) in [5.41, 5.74) is 2.84. The number of aromatic nitrogens is 2. The summed E-state index contributed by atoms with van der Waals surface area (Å²) in [7, 11) is 0. The van der Waals surface area contributed by atoms with E-state index in [0.29, 0.717) is 23.9 Å². The lowest BCUT2D eigenvalue weighted by molar-refractivity contribution is 0.144. The van der Waals surface area contributed by atoms with Crippen LogP contribution in [0.1, 0.15) is 29.7 Å². The number of ether oxygens (including phenoxy) is 1. The Morgan fingerprint density at radius 2 is 2.17 bits per heavy atom. The molecule has 6 heteroatoms. The Bertz CT molecular complexity index is 748. The van der Waals surface area contributed by atoms with Crippen molar-refractivity contribution in [2.75, 3.05) is 6.54 Å². The summed E-state index contributed by atoms with van der Waals surface area (Å²) in [6.07, 6.45) is 5.53. The summed E-state index contributed by atoms with van der Waals surface area (Å²) >= 11 is -1.28. The summed E-state index contributed by atoms with van der Waals surface area (Å²) in [4.78, 5) is 9.38. The van der Waals surface area contributed by atoms with Crippen molar-refractivity contribution in [2.45, 2.75) is 43.7 Å². The van der Waals surface area contributed by atoms with Gasteiger partial charge in [0.05, 0.1) is 24.5 Å². The Balaban J connectivity index is 1.70. The normalized spacial score (nSPS) is 22.3. The molecule has 0 N–H and O–H groups in total. The van der Waals surface area contributed by atoms with Crippen molar-refractivity contribution in [3.05, 3.63) is 47.4 Å². The van der Waals surface area contributed by atoms with E-state index < -0.39 is 11.4 Å². The van der Waals surface area contributed by atoms with Gasteiger partial charge < -0.3 is 9.29 Å². The molecule has 1 saturated carbocycles. The van der Waals surface area contributed by atoms with Crippen molar-refractivity contribution in [3.63, 3.8) is 0 Å². The Morgan fingerprint density at radius 3 is 2.91 bits per heavy atom. The third kappa shape index (κ3) is 2.82. The summed E-state index contributed by atoms with van der Waals surface area (Å²) in [6, 6.07) is 5.88. The van der Waals surface area contributed by atoms with E-state index in [1.165, 1.54) is 0 Å². The van der Waals surface area contributed by atoms with Crippen LogP contribution in [0.2, 0.25) is 0 Å². The molecule has 1 atom stereocenters. The predicted molar refractivity (Wildman–Crippen MR) is 87.4 cm³/mol. The van der Waals surface area contributed by atoms with Crippen molar-refractivity contribution in [1.82, 2.24) is 14.3 Å². The standard InChI is InChI=1S/C17H19N3O2S/c1-12-8-15-16(19-9-12)22-17(5-6-17)11-20(23(15)21)10-14-4-3-7-18-13(14)2/h3-4,7-9H,5-6,10-11H2,1-2H3. The van der Waals surface area contributed by atoms with Gasteiger partial charge in [0, 0.05) is 24.2 Å². The Morgan fingerprint density at radius 1 is 1.35 bits per heavy atom. The van der Waals surface area contributed by atoms with Crippen molar-refractivity contribution in [1.29, 1.82) is 0 Å². The quantitative estimate of drug-likeness (QED) is 0.793. The molecule has 0 bridgehead atoms. The van der Waals surface area contributed by atoms with Crippen LogP contribution >= 0.6 is 0 Å². The maximum Gasteiger partial charge on any atom is 0.273 e. The molecule has 2 aromatic heterocycles. The predicted octanol–water partition coefficient (Wildman–Crippen LogP) is 2.54. The number of aryl methyl sites for hydroxylation is 2. The highest BCUT2D eigenvalue weighted by molar-refractivity contribution is 7.89. The molecule has 1 aliphatic carbocycles.